The second-order valence-corrected chi connectivity index (χ2v) is 8.69. The Morgan fingerprint density at radius 1 is 1.11 bits per heavy atom. The Balaban J connectivity index is 1.56. The molecule has 1 atom stereocenters. The summed E-state index contributed by atoms with van der Waals surface area (Å²) >= 11 is 0. The molecule has 1 fully saturated rings. The molecule has 1 aliphatic rings. The summed E-state index contributed by atoms with van der Waals surface area (Å²) in [7, 11) is 1.49. The Morgan fingerprint density at radius 3 is 2.53 bits per heavy atom. The first-order valence-corrected chi connectivity index (χ1v) is 10.9. The molecule has 0 bridgehead atoms. The highest BCUT2D eigenvalue weighted by Crippen LogP contribution is 2.41. The molecule has 2 aromatic carbocycles. The normalized spacial score (nSPS) is 18.7. The molecule has 12 heteroatoms. The van der Waals surface area contributed by atoms with Crippen LogP contribution in [0.3, 0.4) is 0 Å². The molecule has 0 spiro atoms. The molecular formula is C24H20F5N5O2. The van der Waals surface area contributed by atoms with Crippen molar-refractivity contribution >= 4 is 17.0 Å². The highest BCUT2D eigenvalue weighted by atomic mass is 19.4. The number of nitrogens with zero attached hydrogens (tertiary/aromatic N) is 5. The smallest absolute Gasteiger partial charge is 0.419 e. The van der Waals surface area contributed by atoms with Crippen LogP contribution in [0.2, 0.25) is 0 Å². The predicted molar refractivity (Wildman–Crippen MR) is 120 cm³/mol. The Bertz CT molecular complexity index is 1460. The van der Waals surface area contributed by atoms with E-state index in [-0.39, 0.29) is 22.8 Å². The van der Waals surface area contributed by atoms with Crippen molar-refractivity contribution in [3.05, 3.63) is 65.4 Å². The minimum atomic E-state index is -5.15. The maximum atomic E-state index is 14.7. The Morgan fingerprint density at radius 2 is 1.83 bits per heavy atom. The number of fused-ring (bicyclic) bond motifs is 1. The van der Waals surface area contributed by atoms with Crippen LogP contribution < -0.4 is 4.90 Å². The molecule has 1 saturated heterocycles. The van der Waals surface area contributed by atoms with Gasteiger partial charge in [-0.3, -0.25) is 0 Å². The number of alkyl halides is 3. The molecule has 1 unspecified atom stereocenters. The molecule has 3 heterocycles. The van der Waals surface area contributed by atoms with Crippen molar-refractivity contribution in [3.8, 4) is 17.0 Å². The zero-order chi connectivity index (χ0) is 25.8. The van der Waals surface area contributed by atoms with E-state index in [0.717, 1.165) is 5.56 Å². The van der Waals surface area contributed by atoms with Gasteiger partial charge in [-0.2, -0.15) is 23.3 Å². The van der Waals surface area contributed by atoms with Crippen LogP contribution in [0.5, 0.6) is 5.75 Å². The van der Waals surface area contributed by atoms with Crippen LogP contribution in [0, 0.1) is 11.6 Å². The quantitative estimate of drug-likeness (QED) is 0.404. The monoisotopic (exact) mass is 505 g/mol. The zero-order valence-corrected chi connectivity index (χ0v) is 19.1. The predicted octanol–water partition coefficient (Wildman–Crippen LogP) is 4.78. The number of aromatic hydroxyl groups is 1. The van der Waals surface area contributed by atoms with Crippen LogP contribution in [-0.2, 0) is 23.6 Å². The molecule has 188 valence electrons. The molecule has 7 nitrogen and oxygen atoms in total. The first-order valence-electron chi connectivity index (χ1n) is 10.9. The van der Waals surface area contributed by atoms with E-state index in [1.54, 1.807) is 0 Å². The molecule has 5 rings (SSSR count). The van der Waals surface area contributed by atoms with Crippen molar-refractivity contribution in [2.75, 3.05) is 24.6 Å². The maximum absolute atomic E-state index is 14.7. The number of morpholine rings is 1. The topological polar surface area (TPSA) is 76.3 Å². The summed E-state index contributed by atoms with van der Waals surface area (Å²) in [6, 6.07) is 9.95. The van der Waals surface area contributed by atoms with E-state index in [1.165, 1.54) is 17.9 Å². The van der Waals surface area contributed by atoms with Gasteiger partial charge in [-0.1, -0.05) is 30.3 Å². The van der Waals surface area contributed by atoms with Crippen molar-refractivity contribution in [1.29, 1.82) is 0 Å². The van der Waals surface area contributed by atoms with Crippen molar-refractivity contribution in [2.24, 2.45) is 7.05 Å². The zero-order valence-electron chi connectivity index (χ0n) is 19.1. The highest BCUT2D eigenvalue weighted by molar-refractivity contribution is 5.91. The van der Waals surface area contributed by atoms with E-state index in [0.29, 0.717) is 25.6 Å². The number of ether oxygens (including phenoxy) is 1. The highest BCUT2D eigenvalue weighted by Gasteiger charge is 2.38. The van der Waals surface area contributed by atoms with E-state index in [9.17, 15) is 27.1 Å². The SMILES string of the molecule is Cn1nc(-c2cc(C(F)(F)F)c(F)c(O)c2F)c2cnc(N3CCOC(C)(c4ccccc4)C3)nc21. The Hall–Kier alpha value is -3.80. The number of benzene rings is 2. The van der Waals surface area contributed by atoms with Gasteiger partial charge in [0.25, 0.3) is 0 Å². The first kappa shape index (κ1) is 23.9. The molecule has 1 aliphatic heterocycles. The largest absolute Gasteiger partial charge is 0.503 e. The second-order valence-electron chi connectivity index (χ2n) is 8.69. The summed E-state index contributed by atoms with van der Waals surface area (Å²) in [4.78, 5) is 10.8. The van der Waals surface area contributed by atoms with Gasteiger partial charge in [-0.25, -0.2) is 18.4 Å². The fourth-order valence-electron chi connectivity index (χ4n) is 4.39. The number of phenolic OH excluding ortho intramolecular Hbond substituents is 1. The fourth-order valence-corrected chi connectivity index (χ4v) is 4.39. The number of aryl methyl sites for hydroxylation is 1. The molecular weight excluding hydrogens is 485 g/mol. The molecule has 0 radical (unpaired) electrons. The minimum Gasteiger partial charge on any atom is -0.503 e. The van der Waals surface area contributed by atoms with E-state index in [4.69, 9.17) is 4.74 Å². The van der Waals surface area contributed by atoms with E-state index in [1.807, 2.05) is 42.2 Å². The summed E-state index contributed by atoms with van der Waals surface area (Å²) < 4.78 is 75.8. The summed E-state index contributed by atoms with van der Waals surface area (Å²) in [5.41, 5.74) is -2.20. The van der Waals surface area contributed by atoms with Crippen molar-refractivity contribution < 1.29 is 31.8 Å². The number of aromatic nitrogens is 4. The average molecular weight is 505 g/mol. The number of anilines is 1. The van der Waals surface area contributed by atoms with Crippen LogP contribution in [0.25, 0.3) is 22.3 Å². The third-order valence-corrected chi connectivity index (χ3v) is 6.25. The first-order chi connectivity index (χ1) is 17.0. The van der Waals surface area contributed by atoms with E-state index >= 15 is 0 Å². The molecule has 0 aliphatic carbocycles. The standard InChI is InChI=1S/C24H20F5N5O2/c1-23(13-6-4-3-5-7-13)12-34(8-9-36-23)22-30-11-15-19(32-33(2)21(15)31-22)14-10-16(24(27,28)29)18(26)20(35)17(14)25/h3-7,10-11,35H,8-9,12H2,1-2H3. The maximum Gasteiger partial charge on any atom is 0.419 e. The lowest BCUT2D eigenvalue weighted by atomic mass is 9.94. The lowest BCUT2D eigenvalue weighted by Crippen LogP contribution is -2.48. The second kappa shape index (κ2) is 8.40. The molecule has 0 amide bonds. The van der Waals surface area contributed by atoms with Crippen LogP contribution in [0.4, 0.5) is 27.9 Å². The average Bonchev–Trinajstić information content (AvgIpc) is 3.18. The number of hydrogen-bond acceptors (Lipinski definition) is 6. The summed E-state index contributed by atoms with van der Waals surface area (Å²) in [6.07, 6.45) is -3.83. The van der Waals surface area contributed by atoms with Crippen molar-refractivity contribution in [3.63, 3.8) is 0 Å². The van der Waals surface area contributed by atoms with Crippen LogP contribution in [0.15, 0.2) is 42.6 Å². The number of phenols is 1. The van der Waals surface area contributed by atoms with E-state index in [2.05, 4.69) is 15.1 Å². The number of halogens is 5. The molecule has 2 aromatic heterocycles. The third-order valence-electron chi connectivity index (χ3n) is 6.25. The molecule has 1 N–H and O–H groups in total. The minimum absolute atomic E-state index is 0.137. The molecule has 36 heavy (non-hydrogen) atoms. The number of rotatable bonds is 3. The molecule has 0 saturated carbocycles. The van der Waals surface area contributed by atoms with Crippen molar-refractivity contribution in [1.82, 2.24) is 19.7 Å². The van der Waals surface area contributed by atoms with Crippen LogP contribution in [0.1, 0.15) is 18.1 Å². The lowest BCUT2D eigenvalue weighted by Gasteiger charge is -2.40. The Labute approximate surface area is 201 Å². The molecule has 4 aromatic rings. The van der Waals surface area contributed by atoms with Gasteiger partial charge in [0.2, 0.25) is 5.95 Å². The lowest BCUT2D eigenvalue weighted by molar-refractivity contribution is -0.140. The van der Waals surface area contributed by atoms with Gasteiger partial charge in [0, 0.05) is 25.4 Å². The Kier molecular flexibility index (Phi) is 5.58. The van der Waals surface area contributed by atoms with Gasteiger partial charge < -0.3 is 14.7 Å². The number of hydrogen-bond donors (Lipinski definition) is 1. The third kappa shape index (κ3) is 3.91. The summed E-state index contributed by atoms with van der Waals surface area (Å²) in [6.45, 7) is 3.29. The van der Waals surface area contributed by atoms with Crippen LogP contribution >= 0.6 is 0 Å². The van der Waals surface area contributed by atoms with Crippen LogP contribution in [-0.4, -0.2) is 44.6 Å². The van der Waals surface area contributed by atoms with Gasteiger partial charge in [0.05, 0.1) is 24.1 Å². The van der Waals surface area contributed by atoms with Gasteiger partial charge in [-0.15, -0.1) is 0 Å². The van der Waals surface area contributed by atoms with Gasteiger partial charge >= 0.3 is 6.18 Å². The van der Waals surface area contributed by atoms with E-state index < -0.39 is 40.3 Å². The van der Waals surface area contributed by atoms with Gasteiger partial charge in [0.1, 0.15) is 11.3 Å². The van der Waals surface area contributed by atoms with Crippen molar-refractivity contribution in [2.45, 2.75) is 18.7 Å². The summed E-state index contributed by atoms with van der Waals surface area (Å²) in [5, 5.41) is 13.9. The fraction of sp³-hybridized carbons (Fsp3) is 0.292. The summed E-state index contributed by atoms with van der Waals surface area (Å²) in [5.74, 6) is -5.04. The van der Waals surface area contributed by atoms with Gasteiger partial charge in [-0.05, 0) is 18.6 Å². The van der Waals surface area contributed by atoms with Gasteiger partial charge in [0.15, 0.2) is 23.0 Å².